The second-order valence-electron chi connectivity index (χ2n) is 4.38. The molecule has 1 saturated carbocycles. The summed E-state index contributed by atoms with van der Waals surface area (Å²) in [6.45, 7) is 3.06. The second-order valence-corrected chi connectivity index (χ2v) is 4.38. The first-order chi connectivity index (χ1) is 8.19. The van der Waals surface area contributed by atoms with Gasteiger partial charge in [-0.15, -0.1) is 12.4 Å². The molecule has 0 spiro atoms. The highest BCUT2D eigenvalue weighted by Gasteiger charge is 2.31. The molecule has 1 aliphatic rings. The summed E-state index contributed by atoms with van der Waals surface area (Å²) in [5.41, 5.74) is 5.62. The van der Waals surface area contributed by atoms with Crippen molar-refractivity contribution >= 4 is 24.3 Å². The predicted octanol–water partition coefficient (Wildman–Crippen LogP) is 0.853. The van der Waals surface area contributed by atoms with Crippen LogP contribution in [0.1, 0.15) is 32.6 Å². The Morgan fingerprint density at radius 2 is 2.11 bits per heavy atom. The summed E-state index contributed by atoms with van der Waals surface area (Å²) < 4.78 is 4.78. The molecule has 0 aliphatic heterocycles. The number of carbonyl (C=O) groups excluding carboxylic acids is 2. The first-order valence-corrected chi connectivity index (χ1v) is 6.32. The minimum atomic E-state index is -0.269. The van der Waals surface area contributed by atoms with E-state index in [1.54, 1.807) is 6.92 Å². The van der Waals surface area contributed by atoms with Gasteiger partial charge in [0.05, 0.1) is 13.0 Å². The minimum Gasteiger partial charge on any atom is -0.466 e. The smallest absolute Gasteiger partial charge is 0.307 e. The molecule has 2 atom stereocenters. The highest BCUT2D eigenvalue weighted by Crippen LogP contribution is 2.30. The Balaban J connectivity index is 0.00000289. The number of esters is 1. The maximum Gasteiger partial charge on any atom is 0.307 e. The molecule has 0 bridgehead atoms. The van der Waals surface area contributed by atoms with Crippen LogP contribution in [-0.2, 0) is 14.3 Å². The number of rotatable bonds is 6. The Labute approximate surface area is 114 Å². The molecule has 1 fully saturated rings. The van der Waals surface area contributed by atoms with Crippen LogP contribution in [0.25, 0.3) is 0 Å². The lowest BCUT2D eigenvalue weighted by Crippen LogP contribution is -2.36. The van der Waals surface area contributed by atoms with Gasteiger partial charge in [-0.3, -0.25) is 9.59 Å². The molecule has 106 valence electrons. The summed E-state index contributed by atoms with van der Waals surface area (Å²) in [5.74, 6) is 0.0941. The monoisotopic (exact) mass is 278 g/mol. The molecular formula is C12H23ClN2O3. The lowest BCUT2D eigenvalue weighted by molar-refractivity contribution is -0.143. The van der Waals surface area contributed by atoms with Gasteiger partial charge in [0.2, 0.25) is 5.91 Å². The fourth-order valence-corrected chi connectivity index (χ4v) is 2.32. The molecule has 0 radical (unpaired) electrons. The predicted molar refractivity (Wildman–Crippen MR) is 71.4 cm³/mol. The van der Waals surface area contributed by atoms with Gasteiger partial charge >= 0.3 is 5.97 Å². The van der Waals surface area contributed by atoms with Crippen LogP contribution in [0.4, 0.5) is 0 Å². The van der Waals surface area contributed by atoms with Crippen molar-refractivity contribution in [1.29, 1.82) is 0 Å². The van der Waals surface area contributed by atoms with Crippen LogP contribution >= 0.6 is 12.4 Å². The van der Waals surface area contributed by atoms with E-state index < -0.39 is 0 Å². The molecule has 0 saturated heterocycles. The summed E-state index contributed by atoms with van der Waals surface area (Å²) in [6, 6.07) is 0. The Morgan fingerprint density at radius 3 is 2.72 bits per heavy atom. The first-order valence-electron chi connectivity index (χ1n) is 6.32. The average Bonchev–Trinajstić information content (AvgIpc) is 2.77. The van der Waals surface area contributed by atoms with E-state index in [9.17, 15) is 9.59 Å². The van der Waals surface area contributed by atoms with E-state index in [0.717, 1.165) is 19.3 Å². The van der Waals surface area contributed by atoms with Crippen LogP contribution in [0.15, 0.2) is 0 Å². The maximum absolute atomic E-state index is 11.8. The third-order valence-electron chi connectivity index (χ3n) is 3.23. The Hall–Kier alpha value is -0.810. The van der Waals surface area contributed by atoms with E-state index in [4.69, 9.17) is 10.5 Å². The van der Waals surface area contributed by atoms with Crippen LogP contribution in [0.2, 0.25) is 0 Å². The lowest BCUT2D eigenvalue weighted by atomic mass is 9.95. The Bertz CT molecular complexity index is 274. The SMILES string of the molecule is CCOC(=O)CCNC(=O)[C@@H]1CCC[C@@H]1CN.Cl. The fraction of sp³-hybridized carbons (Fsp3) is 0.833. The molecule has 0 aromatic carbocycles. The summed E-state index contributed by atoms with van der Waals surface area (Å²) in [6.07, 6.45) is 3.25. The zero-order valence-corrected chi connectivity index (χ0v) is 11.6. The van der Waals surface area contributed by atoms with E-state index in [0.29, 0.717) is 25.6 Å². The van der Waals surface area contributed by atoms with Gasteiger partial charge < -0.3 is 15.8 Å². The number of ether oxygens (including phenoxy) is 1. The largest absolute Gasteiger partial charge is 0.466 e. The Morgan fingerprint density at radius 1 is 1.39 bits per heavy atom. The quantitative estimate of drug-likeness (QED) is 0.706. The highest BCUT2D eigenvalue weighted by atomic mass is 35.5. The molecule has 6 heteroatoms. The summed E-state index contributed by atoms with van der Waals surface area (Å²) >= 11 is 0. The van der Waals surface area contributed by atoms with Gasteiger partial charge in [-0.05, 0) is 32.2 Å². The van der Waals surface area contributed by atoms with Crippen LogP contribution in [0.3, 0.4) is 0 Å². The summed E-state index contributed by atoms with van der Waals surface area (Å²) in [7, 11) is 0. The molecule has 0 aromatic rings. The molecule has 3 N–H and O–H groups in total. The van der Waals surface area contributed by atoms with E-state index >= 15 is 0 Å². The topological polar surface area (TPSA) is 81.4 Å². The molecule has 0 heterocycles. The van der Waals surface area contributed by atoms with Crippen molar-refractivity contribution < 1.29 is 14.3 Å². The normalized spacial score (nSPS) is 22.1. The van der Waals surface area contributed by atoms with Crippen LogP contribution in [-0.4, -0.2) is 31.6 Å². The molecule has 1 aliphatic carbocycles. The second kappa shape index (κ2) is 9.16. The van der Waals surface area contributed by atoms with E-state index in [1.165, 1.54) is 0 Å². The Kier molecular flexibility index (Phi) is 8.75. The summed E-state index contributed by atoms with van der Waals surface area (Å²) in [4.78, 5) is 22.9. The number of carbonyl (C=O) groups is 2. The van der Waals surface area contributed by atoms with Gasteiger partial charge in [0, 0.05) is 12.5 Å². The van der Waals surface area contributed by atoms with Gasteiger partial charge in [-0.2, -0.15) is 0 Å². The molecule has 1 rings (SSSR count). The number of hydrogen-bond donors (Lipinski definition) is 2. The van der Waals surface area contributed by atoms with Crippen LogP contribution in [0.5, 0.6) is 0 Å². The van der Waals surface area contributed by atoms with Gasteiger partial charge in [-0.25, -0.2) is 0 Å². The van der Waals surface area contributed by atoms with Crippen molar-refractivity contribution in [1.82, 2.24) is 5.32 Å². The zero-order valence-electron chi connectivity index (χ0n) is 10.8. The van der Waals surface area contributed by atoms with Crippen LogP contribution < -0.4 is 11.1 Å². The van der Waals surface area contributed by atoms with E-state index in [-0.39, 0.29) is 36.6 Å². The molecule has 0 aromatic heterocycles. The molecule has 0 unspecified atom stereocenters. The number of nitrogens with one attached hydrogen (secondary N) is 1. The lowest BCUT2D eigenvalue weighted by Gasteiger charge is -2.17. The van der Waals surface area contributed by atoms with Crippen molar-refractivity contribution in [2.45, 2.75) is 32.6 Å². The number of nitrogens with two attached hydrogens (primary N) is 1. The van der Waals surface area contributed by atoms with Crippen molar-refractivity contribution in [2.75, 3.05) is 19.7 Å². The van der Waals surface area contributed by atoms with E-state index in [1.807, 2.05) is 0 Å². The molecular weight excluding hydrogens is 256 g/mol. The van der Waals surface area contributed by atoms with Gasteiger partial charge in [-0.1, -0.05) is 6.42 Å². The van der Waals surface area contributed by atoms with Crippen molar-refractivity contribution in [3.05, 3.63) is 0 Å². The fourth-order valence-electron chi connectivity index (χ4n) is 2.32. The number of halogens is 1. The van der Waals surface area contributed by atoms with Crippen molar-refractivity contribution in [3.8, 4) is 0 Å². The zero-order chi connectivity index (χ0) is 12.7. The molecule has 1 amide bonds. The first kappa shape index (κ1) is 17.2. The highest BCUT2D eigenvalue weighted by molar-refractivity contribution is 5.85. The molecule has 5 nitrogen and oxygen atoms in total. The van der Waals surface area contributed by atoms with Crippen molar-refractivity contribution in [3.63, 3.8) is 0 Å². The van der Waals surface area contributed by atoms with Gasteiger partial charge in [0.1, 0.15) is 0 Å². The van der Waals surface area contributed by atoms with E-state index in [2.05, 4.69) is 5.32 Å². The van der Waals surface area contributed by atoms with Gasteiger partial charge in [0.25, 0.3) is 0 Å². The molecule has 18 heavy (non-hydrogen) atoms. The third-order valence-corrected chi connectivity index (χ3v) is 3.23. The standard InChI is InChI=1S/C12H22N2O3.ClH/c1-2-17-11(15)6-7-14-12(16)10-5-3-4-9(10)8-13;/h9-10H,2-8,13H2,1H3,(H,14,16);1H/t9-,10-;/m1./s1. The summed E-state index contributed by atoms with van der Waals surface area (Å²) in [5, 5.41) is 2.78. The minimum absolute atomic E-state index is 0. The van der Waals surface area contributed by atoms with Crippen molar-refractivity contribution in [2.24, 2.45) is 17.6 Å². The third kappa shape index (κ3) is 5.23. The van der Waals surface area contributed by atoms with Gasteiger partial charge in [0.15, 0.2) is 0 Å². The maximum atomic E-state index is 11.8. The number of hydrogen-bond acceptors (Lipinski definition) is 4. The average molecular weight is 279 g/mol. The van der Waals surface area contributed by atoms with Crippen LogP contribution in [0, 0.1) is 11.8 Å². The number of amides is 1.